The van der Waals surface area contributed by atoms with E-state index in [1.54, 1.807) is 0 Å². The molecule has 1 saturated heterocycles. The van der Waals surface area contributed by atoms with Gasteiger partial charge < -0.3 is 0 Å². The number of carbonyl (C=O) groups excluding carboxylic acids is 1. The summed E-state index contributed by atoms with van der Waals surface area (Å²) in [7, 11) is 0. The number of hydrazine groups is 1. The van der Waals surface area contributed by atoms with Gasteiger partial charge in [0.25, 0.3) is 0 Å². The normalized spacial score (nSPS) is 18.3. The zero-order valence-corrected chi connectivity index (χ0v) is 13.7. The van der Waals surface area contributed by atoms with Crippen molar-refractivity contribution in [3.63, 3.8) is 0 Å². The van der Waals surface area contributed by atoms with E-state index in [2.05, 4.69) is 11.1 Å². The summed E-state index contributed by atoms with van der Waals surface area (Å²) in [5.74, 6) is 0.466. The zero-order chi connectivity index (χ0) is 16.5. The zero-order valence-electron chi connectivity index (χ0n) is 13.7. The van der Waals surface area contributed by atoms with Crippen molar-refractivity contribution < 1.29 is 4.79 Å². The number of rotatable bonds is 2. The monoisotopic (exact) mass is 319 g/mol. The number of carbonyl (C=O) groups is 1. The summed E-state index contributed by atoms with van der Waals surface area (Å²) in [4.78, 5) is 12.9. The maximum absolute atomic E-state index is 12.9. The summed E-state index contributed by atoms with van der Waals surface area (Å²) in [5.41, 5.74) is 1.72. The van der Waals surface area contributed by atoms with Crippen molar-refractivity contribution in [2.45, 2.75) is 32.1 Å². The summed E-state index contributed by atoms with van der Waals surface area (Å²) >= 11 is 0. The van der Waals surface area contributed by atoms with Gasteiger partial charge in [-0.1, -0.05) is 37.1 Å². The molecule has 4 nitrogen and oxygen atoms in total. The Labute approximate surface area is 142 Å². The fraction of sp³-hybridized carbons (Fsp3) is 0.400. The first-order valence-corrected chi connectivity index (χ1v) is 8.80. The molecule has 2 aromatic rings. The number of hydrogen-bond donors (Lipinski definition) is 0. The highest BCUT2D eigenvalue weighted by Gasteiger charge is 2.34. The highest BCUT2D eigenvalue weighted by atomic mass is 16.2. The maximum Gasteiger partial charge on any atom is 0.244 e. The van der Waals surface area contributed by atoms with E-state index in [1.807, 2.05) is 41.4 Å². The highest BCUT2D eigenvalue weighted by molar-refractivity contribution is 5.98. The van der Waals surface area contributed by atoms with Crippen LogP contribution in [0, 0.1) is 17.2 Å². The Kier molecular flexibility index (Phi) is 3.86. The Bertz CT molecular complexity index is 817. The largest absolute Gasteiger partial charge is 0.282 e. The van der Waals surface area contributed by atoms with E-state index in [0.717, 1.165) is 48.8 Å². The number of nitriles is 1. The van der Waals surface area contributed by atoms with Crippen molar-refractivity contribution in [1.82, 2.24) is 5.01 Å². The number of amides is 1. The molecule has 0 bridgehead atoms. The Morgan fingerprint density at radius 2 is 1.75 bits per heavy atom. The summed E-state index contributed by atoms with van der Waals surface area (Å²) in [6, 6.07) is 14.1. The van der Waals surface area contributed by atoms with Crippen LogP contribution in [0.4, 0.5) is 5.69 Å². The van der Waals surface area contributed by atoms with Crippen molar-refractivity contribution >= 4 is 22.4 Å². The highest BCUT2D eigenvalue weighted by Crippen LogP contribution is 2.34. The van der Waals surface area contributed by atoms with Gasteiger partial charge in [0.05, 0.1) is 17.3 Å². The first-order chi connectivity index (χ1) is 11.8. The first-order valence-electron chi connectivity index (χ1n) is 8.80. The number of fused-ring (bicyclic) bond motifs is 1. The molecule has 0 atom stereocenters. The second-order valence-electron chi connectivity index (χ2n) is 6.71. The van der Waals surface area contributed by atoms with Crippen LogP contribution in [0.1, 0.15) is 37.7 Å². The van der Waals surface area contributed by atoms with Crippen molar-refractivity contribution in [3.05, 3.63) is 42.0 Å². The molecule has 1 aliphatic heterocycles. The van der Waals surface area contributed by atoms with Crippen molar-refractivity contribution in [3.8, 4) is 6.07 Å². The minimum Gasteiger partial charge on any atom is -0.282 e. The molecule has 2 aliphatic rings. The number of anilines is 1. The smallest absolute Gasteiger partial charge is 0.244 e. The van der Waals surface area contributed by atoms with E-state index in [-0.39, 0.29) is 11.8 Å². The number of nitrogens with zero attached hydrogens (tertiary/aromatic N) is 3. The molecule has 0 aromatic heterocycles. The predicted octanol–water partition coefficient (Wildman–Crippen LogP) is 3.86. The van der Waals surface area contributed by atoms with Gasteiger partial charge in [-0.2, -0.15) is 5.26 Å². The molecule has 24 heavy (non-hydrogen) atoms. The molecule has 0 radical (unpaired) electrons. The second kappa shape index (κ2) is 6.16. The van der Waals surface area contributed by atoms with Gasteiger partial charge >= 0.3 is 0 Å². The fourth-order valence-corrected chi connectivity index (χ4v) is 4.08. The molecule has 1 saturated carbocycles. The fourth-order valence-electron chi connectivity index (χ4n) is 4.08. The third-order valence-electron chi connectivity index (χ3n) is 5.29. The van der Waals surface area contributed by atoms with Crippen LogP contribution in [0.2, 0.25) is 0 Å². The van der Waals surface area contributed by atoms with Crippen LogP contribution in [-0.2, 0) is 4.79 Å². The van der Waals surface area contributed by atoms with Crippen molar-refractivity contribution in [1.29, 1.82) is 5.26 Å². The topological polar surface area (TPSA) is 47.3 Å². The molecular formula is C20H21N3O. The van der Waals surface area contributed by atoms with E-state index in [4.69, 9.17) is 0 Å². The third-order valence-corrected chi connectivity index (χ3v) is 5.29. The van der Waals surface area contributed by atoms with Gasteiger partial charge in [-0.05, 0) is 31.4 Å². The van der Waals surface area contributed by atoms with Gasteiger partial charge in [-0.3, -0.25) is 14.8 Å². The minimum absolute atomic E-state index is 0.190. The van der Waals surface area contributed by atoms with Gasteiger partial charge in [0, 0.05) is 29.8 Å². The quantitative estimate of drug-likeness (QED) is 0.844. The van der Waals surface area contributed by atoms with E-state index < -0.39 is 0 Å². The van der Waals surface area contributed by atoms with E-state index in [1.165, 1.54) is 12.8 Å². The molecule has 0 spiro atoms. The number of hydrogen-bond acceptors (Lipinski definition) is 3. The SMILES string of the molecule is N#Cc1ccc(N2CCCN2C(=O)C2CCCC2)c2ccccc12. The Morgan fingerprint density at radius 3 is 2.50 bits per heavy atom. The standard InChI is InChI=1S/C20H21N3O/c21-14-16-10-11-19(18-9-4-3-8-17(16)18)22-12-5-13-23(22)20(24)15-6-1-2-7-15/h3-4,8-11,15H,1-2,5-7,12-13H2. The Balaban J connectivity index is 1.74. The van der Waals surface area contributed by atoms with Crippen molar-refractivity contribution in [2.24, 2.45) is 5.92 Å². The molecule has 1 aliphatic carbocycles. The van der Waals surface area contributed by atoms with Gasteiger partial charge in [-0.25, -0.2) is 0 Å². The first kappa shape index (κ1) is 15.0. The van der Waals surface area contributed by atoms with E-state index >= 15 is 0 Å². The molecule has 1 heterocycles. The third kappa shape index (κ3) is 2.41. The summed E-state index contributed by atoms with van der Waals surface area (Å²) in [6.45, 7) is 1.65. The molecule has 2 aromatic carbocycles. The van der Waals surface area contributed by atoms with E-state index in [9.17, 15) is 10.1 Å². The molecule has 0 N–H and O–H groups in total. The van der Waals surface area contributed by atoms with Crippen LogP contribution in [0.5, 0.6) is 0 Å². The molecule has 4 heteroatoms. The molecule has 2 fully saturated rings. The van der Waals surface area contributed by atoms with Gasteiger partial charge in [0.1, 0.15) is 0 Å². The van der Waals surface area contributed by atoms with Crippen LogP contribution in [0.25, 0.3) is 10.8 Å². The van der Waals surface area contributed by atoms with E-state index in [0.29, 0.717) is 5.56 Å². The van der Waals surface area contributed by atoms with Crippen LogP contribution in [-0.4, -0.2) is 24.0 Å². The Hall–Kier alpha value is -2.54. The predicted molar refractivity (Wildman–Crippen MR) is 94.3 cm³/mol. The lowest BCUT2D eigenvalue weighted by molar-refractivity contribution is -0.134. The van der Waals surface area contributed by atoms with Crippen LogP contribution < -0.4 is 5.01 Å². The second-order valence-corrected chi connectivity index (χ2v) is 6.71. The molecule has 0 unspecified atom stereocenters. The van der Waals surface area contributed by atoms with Crippen molar-refractivity contribution in [2.75, 3.05) is 18.1 Å². The summed E-state index contributed by atoms with van der Waals surface area (Å²) in [5, 5.41) is 15.4. The lowest BCUT2D eigenvalue weighted by Crippen LogP contribution is -2.44. The van der Waals surface area contributed by atoms with Gasteiger partial charge in [0.2, 0.25) is 5.91 Å². The average Bonchev–Trinajstić information content (AvgIpc) is 3.32. The minimum atomic E-state index is 0.190. The van der Waals surface area contributed by atoms with Gasteiger partial charge in [-0.15, -0.1) is 0 Å². The lowest BCUT2D eigenvalue weighted by atomic mass is 10.0. The van der Waals surface area contributed by atoms with Gasteiger partial charge in [0.15, 0.2) is 0 Å². The van der Waals surface area contributed by atoms with Crippen LogP contribution in [0.3, 0.4) is 0 Å². The molecular weight excluding hydrogens is 298 g/mol. The summed E-state index contributed by atoms with van der Waals surface area (Å²) in [6.07, 6.45) is 5.38. The molecule has 4 rings (SSSR count). The lowest BCUT2D eigenvalue weighted by Gasteiger charge is -2.32. The maximum atomic E-state index is 12.9. The number of benzene rings is 2. The molecule has 122 valence electrons. The molecule has 1 amide bonds. The Morgan fingerprint density at radius 1 is 1.00 bits per heavy atom. The van der Waals surface area contributed by atoms with Crippen LogP contribution >= 0.6 is 0 Å². The average molecular weight is 319 g/mol. The summed E-state index contributed by atoms with van der Waals surface area (Å²) < 4.78 is 0. The van der Waals surface area contributed by atoms with Crippen LogP contribution in [0.15, 0.2) is 36.4 Å².